The van der Waals surface area contributed by atoms with E-state index in [-0.39, 0.29) is 17.5 Å². The number of anilines is 1. The minimum Gasteiger partial charge on any atom is -0.545 e. The quantitative estimate of drug-likeness (QED) is 0.823. The van der Waals surface area contributed by atoms with Gasteiger partial charge in [0.2, 0.25) is 0 Å². The minimum atomic E-state index is -1.14. The van der Waals surface area contributed by atoms with Crippen LogP contribution in [-0.4, -0.2) is 5.97 Å². The first-order valence-electron chi connectivity index (χ1n) is 7.68. The van der Waals surface area contributed by atoms with Crippen LogP contribution in [0.5, 0.6) is 0 Å². The van der Waals surface area contributed by atoms with Gasteiger partial charge in [-0.05, 0) is 35.6 Å². The third-order valence-corrected chi connectivity index (χ3v) is 5.32. The highest BCUT2D eigenvalue weighted by Crippen LogP contribution is 2.50. The molecular formula is C19H15BrNO2-. The van der Waals surface area contributed by atoms with Crippen LogP contribution in [0.4, 0.5) is 5.69 Å². The molecule has 1 N–H and O–H groups in total. The van der Waals surface area contributed by atoms with Gasteiger partial charge in [-0.1, -0.05) is 58.4 Å². The maximum absolute atomic E-state index is 11.5. The van der Waals surface area contributed by atoms with Gasteiger partial charge in [-0.25, -0.2) is 0 Å². The summed E-state index contributed by atoms with van der Waals surface area (Å²) in [5.74, 6) is -0.494. The predicted molar refractivity (Wildman–Crippen MR) is 91.3 cm³/mol. The summed E-state index contributed by atoms with van der Waals surface area (Å²) < 4.78 is 1.03. The second kappa shape index (κ2) is 5.53. The Bertz CT molecular complexity index is 815. The number of carbonyl (C=O) groups excluding carboxylic acids is 1. The van der Waals surface area contributed by atoms with E-state index in [4.69, 9.17) is 0 Å². The molecule has 0 aromatic heterocycles. The fourth-order valence-corrected chi connectivity index (χ4v) is 4.24. The maximum Gasteiger partial charge on any atom is 0.0736 e. The molecule has 3 nitrogen and oxygen atoms in total. The molecule has 116 valence electrons. The van der Waals surface area contributed by atoms with Gasteiger partial charge in [-0.3, -0.25) is 0 Å². The highest BCUT2D eigenvalue weighted by atomic mass is 79.9. The number of carboxylic acids is 1. The van der Waals surface area contributed by atoms with Crippen molar-refractivity contribution >= 4 is 27.6 Å². The molecular weight excluding hydrogens is 354 g/mol. The summed E-state index contributed by atoms with van der Waals surface area (Å²) in [5, 5.41) is 15.0. The number of carboxylic acid groups (broad SMARTS) is 1. The fraction of sp³-hybridized carbons (Fsp3) is 0.211. The Balaban J connectivity index is 1.85. The third-order valence-electron chi connectivity index (χ3n) is 4.82. The van der Waals surface area contributed by atoms with Crippen LogP contribution in [0.1, 0.15) is 39.9 Å². The van der Waals surface area contributed by atoms with E-state index >= 15 is 0 Å². The van der Waals surface area contributed by atoms with Gasteiger partial charge in [0.1, 0.15) is 0 Å². The molecule has 2 aromatic rings. The molecule has 2 aromatic carbocycles. The van der Waals surface area contributed by atoms with Crippen molar-refractivity contribution in [1.29, 1.82) is 0 Å². The topological polar surface area (TPSA) is 52.2 Å². The van der Waals surface area contributed by atoms with Crippen molar-refractivity contribution in [3.63, 3.8) is 0 Å². The van der Waals surface area contributed by atoms with Gasteiger partial charge in [-0.2, -0.15) is 0 Å². The third kappa shape index (κ3) is 2.38. The summed E-state index contributed by atoms with van der Waals surface area (Å²) in [6.07, 6.45) is 5.39. The van der Waals surface area contributed by atoms with Gasteiger partial charge < -0.3 is 15.2 Å². The highest BCUT2D eigenvalue weighted by molar-refractivity contribution is 9.10. The summed E-state index contributed by atoms with van der Waals surface area (Å²) in [5.41, 5.74) is 3.15. The number of aromatic carboxylic acids is 1. The van der Waals surface area contributed by atoms with Crippen molar-refractivity contribution in [2.75, 3.05) is 5.32 Å². The van der Waals surface area contributed by atoms with Gasteiger partial charge in [0, 0.05) is 21.6 Å². The summed E-state index contributed by atoms with van der Waals surface area (Å²) in [6, 6.07) is 13.7. The fourth-order valence-electron chi connectivity index (χ4n) is 3.82. The van der Waals surface area contributed by atoms with Gasteiger partial charge in [-0.15, -0.1) is 0 Å². The van der Waals surface area contributed by atoms with Crippen molar-refractivity contribution in [1.82, 2.24) is 0 Å². The van der Waals surface area contributed by atoms with Crippen LogP contribution in [0.15, 0.2) is 59.1 Å². The molecule has 0 amide bonds. The normalized spacial score (nSPS) is 24.7. The molecule has 3 atom stereocenters. The number of hydrogen-bond acceptors (Lipinski definition) is 3. The number of hydrogen-bond donors (Lipinski definition) is 1. The average Bonchev–Trinajstić information content (AvgIpc) is 3.03. The van der Waals surface area contributed by atoms with Gasteiger partial charge in [0.05, 0.1) is 12.0 Å². The van der Waals surface area contributed by atoms with Crippen molar-refractivity contribution in [3.8, 4) is 0 Å². The minimum absolute atomic E-state index is 0.0838. The molecule has 1 aliphatic carbocycles. The monoisotopic (exact) mass is 368 g/mol. The van der Waals surface area contributed by atoms with Crippen LogP contribution in [0.25, 0.3) is 0 Å². The first kappa shape index (κ1) is 14.5. The second-order valence-corrected chi connectivity index (χ2v) is 7.00. The van der Waals surface area contributed by atoms with E-state index in [1.54, 1.807) is 12.1 Å². The number of nitrogens with one attached hydrogen (secondary N) is 1. The Morgan fingerprint density at radius 1 is 1.22 bits per heavy atom. The van der Waals surface area contributed by atoms with Crippen molar-refractivity contribution in [2.45, 2.75) is 18.4 Å². The van der Waals surface area contributed by atoms with E-state index in [0.29, 0.717) is 11.6 Å². The van der Waals surface area contributed by atoms with E-state index in [9.17, 15) is 9.90 Å². The number of halogens is 1. The van der Waals surface area contributed by atoms with Crippen molar-refractivity contribution in [3.05, 3.63) is 75.8 Å². The Morgan fingerprint density at radius 3 is 2.83 bits per heavy atom. The molecule has 0 bridgehead atoms. The lowest BCUT2D eigenvalue weighted by Crippen LogP contribution is -2.32. The summed E-state index contributed by atoms with van der Waals surface area (Å²) in [6.45, 7) is 0. The SMILES string of the molecule is O=C([O-])c1cccc2c1N[C@@H](c1cccc(Br)c1)[C@@H]1CC=C[C@H]21. The van der Waals surface area contributed by atoms with Gasteiger partial charge in [0.25, 0.3) is 0 Å². The second-order valence-electron chi connectivity index (χ2n) is 6.09. The molecule has 2 aliphatic rings. The molecule has 1 heterocycles. The lowest BCUT2D eigenvalue weighted by atomic mass is 9.76. The molecule has 23 heavy (non-hydrogen) atoms. The molecule has 4 rings (SSSR count). The summed E-state index contributed by atoms with van der Waals surface area (Å²) in [7, 11) is 0. The van der Waals surface area contributed by atoms with Crippen molar-refractivity contribution in [2.24, 2.45) is 5.92 Å². The molecule has 0 saturated heterocycles. The molecule has 0 unspecified atom stereocenters. The number of benzene rings is 2. The lowest BCUT2D eigenvalue weighted by molar-refractivity contribution is -0.254. The van der Waals surface area contributed by atoms with E-state index in [1.807, 2.05) is 18.2 Å². The van der Waals surface area contributed by atoms with Gasteiger partial charge >= 0.3 is 0 Å². The Hall–Kier alpha value is -2.07. The molecule has 0 spiro atoms. The van der Waals surface area contributed by atoms with Gasteiger partial charge in [0.15, 0.2) is 0 Å². The van der Waals surface area contributed by atoms with E-state index < -0.39 is 5.97 Å². The first-order valence-corrected chi connectivity index (χ1v) is 8.47. The number of rotatable bonds is 2. The maximum atomic E-state index is 11.5. The van der Waals surface area contributed by atoms with E-state index in [0.717, 1.165) is 22.0 Å². The van der Waals surface area contributed by atoms with Crippen LogP contribution < -0.4 is 10.4 Å². The standard InChI is InChI=1S/C19H16BrNO2/c20-12-5-1-4-11(10-12)17-14-7-2-6-13(14)15-8-3-9-16(19(22)23)18(15)21-17/h1-6,8-10,13-14,17,21H,7H2,(H,22,23)/p-1/t13-,14+,17-/m0/s1. The van der Waals surface area contributed by atoms with Crippen LogP contribution in [0, 0.1) is 5.92 Å². The Morgan fingerprint density at radius 2 is 2.04 bits per heavy atom. The molecule has 0 radical (unpaired) electrons. The number of allylic oxidation sites excluding steroid dienone is 2. The number of para-hydroxylation sites is 1. The Kier molecular flexibility index (Phi) is 3.49. The molecule has 0 saturated carbocycles. The number of fused-ring (bicyclic) bond motifs is 3. The van der Waals surface area contributed by atoms with Crippen LogP contribution in [-0.2, 0) is 0 Å². The lowest BCUT2D eigenvalue weighted by Gasteiger charge is -2.38. The zero-order valence-electron chi connectivity index (χ0n) is 12.3. The zero-order valence-corrected chi connectivity index (χ0v) is 13.9. The zero-order chi connectivity index (χ0) is 16.0. The summed E-state index contributed by atoms with van der Waals surface area (Å²) >= 11 is 3.52. The van der Waals surface area contributed by atoms with Crippen LogP contribution in [0.3, 0.4) is 0 Å². The predicted octanol–water partition coefficient (Wildman–Crippen LogP) is 3.64. The van der Waals surface area contributed by atoms with Crippen LogP contribution >= 0.6 is 15.9 Å². The average molecular weight is 369 g/mol. The molecule has 0 fully saturated rings. The smallest absolute Gasteiger partial charge is 0.0736 e. The molecule has 4 heteroatoms. The van der Waals surface area contributed by atoms with Crippen LogP contribution in [0.2, 0.25) is 0 Å². The van der Waals surface area contributed by atoms with E-state index in [2.05, 4.69) is 45.5 Å². The highest BCUT2D eigenvalue weighted by Gasteiger charge is 2.38. The summed E-state index contributed by atoms with van der Waals surface area (Å²) in [4.78, 5) is 11.5. The van der Waals surface area contributed by atoms with E-state index in [1.165, 1.54) is 0 Å². The number of carbonyl (C=O) groups is 1. The Labute approximate surface area is 143 Å². The molecule has 1 aliphatic heterocycles. The first-order chi connectivity index (χ1) is 11.1. The van der Waals surface area contributed by atoms with Crippen molar-refractivity contribution < 1.29 is 9.90 Å². The largest absolute Gasteiger partial charge is 0.545 e.